The van der Waals surface area contributed by atoms with E-state index in [2.05, 4.69) is 5.16 Å². The molecule has 0 spiro atoms. The zero-order chi connectivity index (χ0) is 23.1. The number of benzene rings is 2. The molecule has 1 aliphatic rings. The van der Waals surface area contributed by atoms with Gasteiger partial charge >= 0.3 is 0 Å². The van der Waals surface area contributed by atoms with Gasteiger partial charge in [-0.3, -0.25) is 4.79 Å². The van der Waals surface area contributed by atoms with Gasteiger partial charge in [0.15, 0.2) is 17.6 Å². The Kier molecular flexibility index (Phi) is 7.98. The normalized spacial score (nSPS) is 15.2. The first kappa shape index (κ1) is 23.4. The minimum atomic E-state index is -0.209. The van der Waals surface area contributed by atoms with E-state index in [1.165, 1.54) is 0 Å². The predicted octanol–water partition coefficient (Wildman–Crippen LogP) is 4.28. The zero-order valence-electron chi connectivity index (χ0n) is 19.5. The van der Waals surface area contributed by atoms with E-state index in [1.807, 2.05) is 61.2 Å². The van der Waals surface area contributed by atoms with Crippen LogP contribution in [0, 0.1) is 5.92 Å². The number of ether oxygens (including phenoxy) is 3. The Labute approximate surface area is 189 Å². The van der Waals surface area contributed by atoms with Crippen molar-refractivity contribution in [3.05, 3.63) is 53.6 Å². The van der Waals surface area contributed by atoms with Gasteiger partial charge in [0.1, 0.15) is 5.75 Å². The Morgan fingerprint density at radius 3 is 2.56 bits per heavy atom. The van der Waals surface area contributed by atoms with Crippen LogP contribution < -0.4 is 14.2 Å². The van der Waals surface area contributed by atoms with Crippen molar-refractivity contribution in [1.82, 2.24) is 4.90 Å². The van der Waals surface area contributed by atoms with Crippen molar-refractivity contribution in [3.63, 3.8) is 0 Å². The number of oxime groups is 1. The molecule has 0 bridgehead atoms. The van der Waals surface area contributed by atoms with E-state index in [9.17, 15) is 4.79 Å². The molecule has 1 atom stereocenters. The van der Waals surface area contributed by atoms with E-state index < -0.39 is 0 Å². The average Bonchev–Trinajstić information content (AvgIpc) is 3.26. The fourth-order valence-corrected chi connectivity index (χ4v) is 3.68. The van der Waals surface area contributed by atoms with Crippen LogP contribution in [0.25, 0.3) is 0 Å². The van der Waals surface area contributed by atoms with Crippen molar-refractivity contribution in [2.75, 3.05) is 27.9 Å². The second-order valence-corrected chi connectivity index (χ2v) is 8.26. The van der Waals surface area contributed by atoms with Crippen molar-refractivity contribution >= 4 is 11.6 Å². The van der Waals surface area contributed by atoms with Crippen LogP contribution in [-0.4, -0.2) is 50.5 Å². The van der Waals surface area contributed by atoms with Crippen LogP contribution >= 0.6 is 0 Å². The first-order valence-electron chi connectivity index (χ1n) is 10.8. The van der Waals surface area contributed by atoms with Gasteiger partial charge < -0.3 is 23.9 Å². The maximum atomic E-state index is 13.0. The molecule has 2 aromatic carbocycles. The topological polar surface area (TPSA) is 69.6 Å². The van der Waals surface area contributed by atoms with Crippen LogP contribution in [0.3, 0.4) is 0 Å². The van der Waals surface area contributed by atoms with Gasteiger partial charge in [-0.2, -0.15) is 0 Å². The molecule has 32 heavy (non-hydrogen) atoms. The summed E-state index contributed by atoms with van der Waals surface area (Å²) in [4.78, 5) is 20.5. The molecular formula is C25H32N2O5. The summed E-state index contributed by atoms with van der Waals surface area (Å²) >= 11 is 0. The van der Waals surface area contributed by atoms with Gasteiger partial charge in [0, 0.05) is 24.9 Å². The number of carbonyl (C=O) groups excluding carboxylic acids is 1. The van der Waals surface area contributed by atoms with Crippen LogP contribution in [-0.2, 0) is 16.2 Å². The second kappa shape index (κ2) is 10.9. The Hall–Kier alpha value is -3.22. The molecule has 0 saturated carbocycles. The van der Waals surface area contributed by atoms with E-state index in [1.54, 1.807) is 21.3 Å². The highest BCUT2D eigenvalue weighted by Crippen LogP contribution is 2.30. The number of amides is 1. The molecule has 3 rings (SSSR count). The fraction of sp³-hybridized carbons (Fsp3) is 0.440. The van der Waals surface area contributed by atoms with Crippen molar-refractivity contribution in [1.29, 1.82) is 0 Å². The van der Waals surface area contributed by atoms with E-state index in [-0.39, 0.29) is 17.9 Å². The van der Waals surface area contributed by atoms with Gasteiger partial charge in [0.05, 0.1) is 33.6 Å². The van der Waals surface area contributed by atoms with Crippen LogP contribution in [0.2, 0.25) is 0 Å². The SMILES string of the molecule is COc1cccc(CN(C[C@H]2CC(c3ccc(OC)c(OC)c3)=NO2)C(=O)CC(C)C)c1. The summed E-state index contributed by atoms with van der Waals surface area (Å²) in [6.07, 6.45) is 0.888. The first-order chi connectivity index (χ1) is 15.4. The minimum absolute atomic E-state index is 0.103. The van der Waals surface area contributed by atoms with Gasteiger partial charge in [0.25, 0.3) is 0 Å². The second-order valence-electron chi connectivity index (χ2n) is 8.26. The van der Waals surface area contributed by atoms with Crippen molar-refractivity contribution in [2.24, 2.45) is 11.1 Å². The lowest BCUT2D eigenvalue weighted by atomic mass is 10.0. The number of methoxy groups -OCH3 is 3. The molecule has 0 saturated heterocycles. The Morgan fingerprint density at radius 1 is 1.09 bits per heavy atom. The molecule has 7 nitrogen and oxygen atoms in total. The van der Waals surface area contributed by atoms with Crippen molar-refractivity contribution < 1.29 is 23.8 Å². The molecule has 1 heterocycles. The van der Waals surface area contributed by atoms with Crippen LogP contribution in [0.1, 0.15) is 37.8 Å². The molecule has 1 amide bonds. The maximum absolute atomic E-state index is 13.0. The predicted molar refractivity (Wildman–Crippen MR) is 123 cm³/mol. The molecule has 7 heteroatoms. The fourth-order valence-electron chi connectivity index (χ4n) is 3.68. The highest BCUT2D eigenvalue weighted by molar-refractivity contribution is 6.01. The standard InChI is InChI=1S/C25H32N2O5/c1-17(2)11-25(28)27(15-18-7-6-8-20(12-18)29-3)16-21-14-22(26-32-21)19-9-10-23(30-4)24(13-19)31-5/h6-10,12-13,17,21H,11,14-16H2,1-5H3/t21-/m1/s1. The van der Waals surface area contributed by atoms with Gasteiger partial charge in [0.2, 0.25) is 5.91 Å². The van der Waals surface area contributed by atoms with Gasteiger partial charge in [-0.1, -0.05) is 31.1 Å². The van der Waals surface area contributed by atoms with E-state index >= 15 is 0 Å². The third-order valence-corrected chi connectivity index (χ3v) is 5.32. The monoisotopic (exact) mass is 440 g/mol. The van der Waals surface area contributed by atoms with Gasteiger partial charge in [-0.25, -0.2) is 0 Å². The molecule has 172 valence electrons. The number of carbonyl (C=O) groups is 1. The molecular weight excluding hydrogens is 408 g/mol. The van der Waals surface area contributed by atoms with Crippen LogP contribution in [0.4, 0.5) is 0 Å². The molecule has 0 fully saturated rings. The summed E-state index contributed by atoms with van der Waals surface area (Å²) in [5.41, 5.74) is 2.76. The lowest BCUT2D eigenvalue weighted by molar-refractivity contribution is -0.134. The van der Waals surface area contributed by atoms with E-state index in [4.69, 9.17) is 19.0 Å². The molecule has 0 aromatic heterocycles. The number of nitrogens with zero attached hydrogens (tertiary/aromatic N) is 2. The third kappa shape index (κ3) is 5.93. The van der Waals surface area contributed by atoms with Crippen LogP contribution in [0.5, 0.6) is 17.2 Å². The summed E-state index contributed by atoms with van der Waals surface area (Å²) in [5.74, 6) is 2.46. The lowest BCUT2D eigenvalue weighted by Gasteiger charge is -2.26. The minimum Gasteiger partial charge on any atom is -0.497 e. The maximum Gasteiger partial charge on any atom is 0.223 e. The Bertz CT molecular complexity index is 957. The summed E-state index contributed by atoms with van der Waals surface area (Å²) in [6, 6.07) is 13.5. The molecule has 0 N–H and O–H groups in total. The zero-order valence-corrected chi connectivity index (χ0v) is 19.5. The van der Waals surface area contributed by atoms with E-state index in [0.717, 1.165) is 22.6 Å². The smallest absolute Gasteiger partial charge is 0.223 e. The van der Waals surface area contributed by atoms with Gasteiger partial charge in [-0.05, 0) is 41.8 Å². The summed E-state index contributed by atoms with van der Waals surface area (Å²) in [5, 5.41) is 4.29. The first-order valence-corrected chi connectivity index (χ1v) is 10.8. The summed E-state index contributed by atoms with van der Waals surface area (Å²) in [6.45, 7) is 5.05. The van der Waals surface area contributed by atoms with Crippen LogP contribution in [0.15, 0.2) is 47.6 Å². The lowest BCUT2D eigenvalue weighted by Crippen LogP contribution is -2.37. The number of hydrogen-bond acceptors (Lipinski definition) is 6. The Morgan fingerprint density at radius 2 is 1.88 bits per heavy atom. The highest BCUT2D eigenvalue weighted by atomic mass is 16.6. The quantitative estimate of drug-likeness (QED) is 0.552. The van der Waals surface area contributed by atoms with E-state index in [0.29, 0.717) is 37.4 Å². The van der Waals surface area contributed by atoms with Crippen molar-refractivity contribution in [2.45, 2.75) is 39.3 Å². The molecule has 0 unspecified atom stereocenters. The molecule has 0 aliphatic carbocycles. The Balaban J connectivity index is 1.71. The van der Waals surface area contributed by atoms with Gasteiger partial charge in [-0.15, -0.1) is 0 Å². The third-order valence-electron chi connectivity index (χ3n) is 5.32. The largest absolute Gasteiger partial charge is 0.497 e. The number of hydrogen-bond donors (Lipinski definition) is 0. The number of rotatable bonds is 10. The highest BCUT2D eigenvalue weighted by Gasteiger charge is 2.27. The molecule has 0 radical (unpaired) electrons. The summed E-state index contributed by atoms with van der Waals surface area (Å²) in [7, 11) is 4.85. The molecule has 2 aromatic rings. The van der Waals surface area contributed by atoms with Crippen molar-refractivity contribution in [3.8, 4) is 17.2 Å². The summed E-state index contributed by atoms with van der Waals surface area (Å²) < 4.78 is 16.0. The molecule has 1 aliphatic heterocycles. The average molecular weight is 441 g/mol.